The van der Waals surface area contributed by atoms with Gasteiger partial charge in [-0.15, -0.1) is 0 Å². The Kier molecular flexibility index (Phi) is 3.88. The quantitative estimate of drug-likeness (QED) is 0.928. The maximum absolute atomic E-state index is 12.8. The van der Waals surface area contributed by atoms with Crippen LogP contribution in [0.15, 0.2) is 42.5 Å². The molecular formula is C15H11F3O3. The maximum Gasteiger partial charge on any atom is 0.416 e. The summed E-state index contributed by atoms with van der Waals surface area (Å²) < 4.78 is 43.4. The van der Waals surface area contributed by atoms with E-state index in [1.807, 2.05) is 0 Å². The summed E-state index contributed by atoms with van der Waals surface area (Å²) in [7, 11) is 1.42. The highest BCUT2D eigenvalue weighted by Crippen LogP contribution is 2.35. The molecule has 0 aromatic heterocycles. The van der Waals surface area contributed by atoms with Crippen LogP contribution in [0.5, 0.6) is 5.75 Å². The molecule has 0 spiro atoms. The summed E-state index contributed by atoms with van der Waals surface area (Å²) in [5, 5.41) is 9.13. The van der Waals surface area contributed by atoms with Gasteiger partial charge in [-0.3, -0.25) is 0 Å². The van der Waals surface area contributed by atoms with Crippen LogP contribution in [0, 0.1) is 0 Å². The number of carbonyl (C=O) groups is 1. The second-order valence-electron chi connectivity index (χ2n) is 4.30. The number of alkyl halides is 3. The van der Waals surface area contributed by atoms with Gasteiger partial charge in [0.05, 0.1) is 18.2 Å². The molecule has 2 aromatic carbocycles. The molecule has 0 heterocycles. The minimum absolute atomic E-state index is 0.00350. The Labute approximate surface area is 118 Å². The first-order valence-corrected chi connectivity index (χ1v) is 5.92. The number of carboxylic acids is 1. The summed E-state index contributed by atoms with van der Waals surface area (Å²) in [6, 6.07) is 8.77. The first-order valence-electron chi connectivity index (χ1n) is 5.92. The van der Waals surface area contributed by atoms with E-state index < -0.39 is 17.7 Å². The van der Waals surface area contributed by atoms with Crippen molar-refractivity contribution >= 4 is 5.97 Å². The standard InChI is InChI=1S/C15H11F3O3/c1-21-11-4-2-3-9(7-11)13-8-10(15(16,17)18)5-6-12(13)14(19)20/h2-8H,1H3,(H,19,20). The zero-order chi connectivity index (χ0) is 15.6. The molecule has 110 valence electrons. The lowest BCUT2D eigenvalue weighted by atomic mass is 9.97. The fourth-order valence-electron chi connectivity index (χ4n) is 1.94. The van der Waals surface area contributed by atoms with Crippen LogP contribution < -0.4 is 4.74 Å². The van der Waals surface area contributed by atoms with E-state index in [2.05, 4.69) is 0 Å². The van der Waals surface area contributed by atoms with Crippen LogP contribution in [0.2, 0.25) is 0 Å². The van der Waals surface area contributed by atoms with Crippen molar-refractivity contribution in [2.24, 2.45) is 0 Å². The highest BCUT2D eigenvalue weighted by molar-refractivity contribution is 5.96. The molecule has 0 aliphatic rings. The number of hydrogen-bond donors (Lipinski definition) is 1. The molecule has 0 aliphatic carbocycles. The summed E-state index contributed by atoms with van der Waals surface area (Å²) in [4.78, 5) is 11.2. The van der Waals surface area contributed by atoms with Gasteiger partial charge in [0.2, 0.25) is 0 Å². The molecular weight excluding hydrogens is 285 g/mol. The number of methoxy groups -OCH3 is 1. The molecule has 6 heteroatoms. The number of carboxylic acid groups (broad SMARTS) is 1. The monoisotopic (exact) mass is 296 g/mol. The molecule has 3 nitrogen and oxygen atoms in total. The van der Waals surface area contributed by atoms with Crippen LogP contribution in [0.3, 0.4) is 0 Å². The molecule has 0 atom stereocenters. The second-order valence-corrected chi connectivity index (χ2v) is 4.30. The molecule has 2 rings (SSSR count). The zero-order valence-corrected chi connectivity index (χ0v) is 10.9. The van der Waals surface area contributed by atoms with Gasteiger partial charge in [-0.1, -0.05) is 12.1 Å². The summed E-state index contributed by atoms with van der Waals surface area (Å²) in [6.07, 6.45) is -4.54. The average Bonchev–Trinajstić information content (AvgIpc) is 2.45. The van der Waals surface area contributed by atoms with Crippen molar-refractivity contribution in [1.82, 2.24) is 0 Å². The van der Waals surface area contributed by atoms with Gasteiger partial charge < -0.3 is 9.84 Å². The third-order valence-electron chi connectivity index (χ3n) is 2.96. The van der Waals surface area contributed by atoms with Crippen LogP contribution in [0.4, 0.5) is 13.2 Å². The Morgan fingerprint density at radius 2 is 1.86 bits per heavy atom. The van der Waals surface area contributed by atoms with E-state index in [4.69, 9.17) is 9.84 Å². The Bertz CT molecular complexity index is 678. The number of hydrogen-bond acceptors (Lipinski definition) is 2. The van der Waals surface area contributed by atoms with Gasteiger partial charge in [-0.05, 0) is 41.5 Å². The van der Waals surface area contributed by atoms with Crippen LogP contribution in [0.1, 0.15) is 15.9 Å². The number of ether oxygens (including phenoxy) is 1. The summed E-state index contributed by atoms with van der Waals surface area (Å²) in [5.74, 6) is -0.859. The summed E-state index contributed by atoms with van der Waals surface area (Å²) in [6.45, 7) is 0. The third-order valence-corrected chi connectivity index (χ3v) is 2.96. The number of halogens is 3. The van der Waals surface area contributed by atoms with Crippen molar-refractivity contribution < 1.29 is 27.8 Å². The first-order chi connectivity index (χ1) is 9.82. The molecule has 0 radical (unpaired) electrons. The molecule has 0 aliphatic heterocycles. The number of aromatic carboxylic acids is 1. The van der Waals surface area contributed by atoms with Gasteiger partial charge in [0.1, 0.15) is 5.75 Å². The molecule has 0 fully saturated rings. The molecule has 2 aromatic rings. The highest BCUT2D eigenvalue weighted by atomic mass is 19.4. The van der Waals surface area contributed by atoms with E-state index in [0.29, 0.717) is 11.3 Å². The van der Waals surface area contributed by atoms with E-state index in [-0.39, 0.29) is 11.1 Å². The predicted octanol–water partition coefficient (Wildman–Crippen LogP) is 4.08. The van der Waals surface area contributed by atoms with Crippen LogP contribution in [-0.2, 0) is 6.18 Å². The Hall–Kier alpha value is -2.50. The first kappa shape index (κ1) is 14.9. The van der Waals surface area contributed by atoms with Crippen molar-refractivity contribution in [1.29, 1.82) is 0 Å². The minimum atomic E-state index is -4.54. The molecule has 0 amide bonds. The summed E-state index contributed by atoms with van der Waals surface area (Å²) in [5.41, 5.74) is -0.754. The fraction of sp³-hybridized carbons (Fsp3) is 0.133. The van der Waals surface area contributed by atoms with Crippen LogP contribution >= 0.6 is 0 Å². The van der Waals surface area contributed by atoms with Gasteiger partial charge in [-0.2, -0.15) is 13.2 Å². The second kappa shape index (κ2) is 5.47. The molecule has 0 bridgehead atoms. The maximum atomic E-state index is 12.8. The lowest BCUT2D eigenvalue weighted by Gasteiger charge is -2.12. The van der Waals surface area contributed by atoms with Crippen molar-refractivity contribution in [2.45, 2.75) is 6.18 Å². The fourth-order valence-corrected chi connectivity index (χ4v) is 1.94. The number of rotatable bonds is 3. The molecule has 0 saturated carbocycles. The molecule has 21 heavy (non-hydrogen) atoms. The normalized spacial score (nSPS) is 11.2. The van der Waals surface area contributed by atoms with E-state index in [1.54, 1.807) is 12.1 Å². The molecule has 1 N–H and O–H groups in total. The van der Waals surface area contributed by atoms with Gasteiger partial charge >= 0.3 is 12.1 Å². The van der Waals surface area contributed by atoms with Crippen molar-refractivity contribution in [2.75, 3.05) is 7.11 Å². The lowest BCUT2D eigenvalue weighted by molar-refractivity contribution is -0.137. The minimum Gasteiger partial charge on any atom is -0.497 e. The van der Waals surface area contributed by atoms with E-state index in [0.717, 1.165) is 18.2 Å². The lowest BCUT2D eigenvalue weighted by Crippen LogP contribution is -2.07. The van der Waals surface area contributed by atoms with Gasteiger partial charge in [0.15, 0.2) is 0 Å². The largest absolute Gasteiger partial charge is 0.497 e. The van der Waals surface area contributed by atoms with Crippen LogP contribution in [0.25, 0.3) is 11.1 Å². The van der Waals surface area contributed by atoms with E-state index >= 15 is 0 Å². The smallest absolute Gasteiger partial charge is 0.416 e. The van der Waals surface area contributed by atoms with Gasteiger partial charge in [-0.25, -0.2) is 4.79 Å². The SMILES string of the molecule is COc1cccc(-c2cc(C(F)(F)F)ccc2C(=O)O)c1. The molecule has 0 saturated heterocycles. The highest BCUT2D eigenvalue weighted by Gasteiger charge is 2.31. The third kappa shape index (κ3) is 3.16. The average molecular weight is 296 g/mol. The van der Waals surface area contributed by atoms with Crippen LogP contribution in [-0.4, -0.2) is 18.2 Å². The van der Waals surface area contributed by atoms with E-state index in [9.17, 15) is 18.0 Å². The topological polar surface area (TPSA) is 46.5 Å². The predicted molar refractivity (Wildman–Crippen MR) is 70.4 cm³/mol. The van der Waals surface area contributed by atoms with Gasteiger partial charge in [0.25, 0.3) is 0 Å². The van der Waals surface area contributed by atoms with Gasteiger partial charge in [0, 0.05) is 0 Å². The zero-order valence-electron chi connectivity index (χ0n) is 10.9. The summed E-state index contributed by atoms with van der Waals surface area (Å²) >= 11 is 0. The Morgan fingerprint density at radius 1 is 1.14 bits per heavy atom. The van der Waals surface area contributed by atoms with Crippen molar-refractivity contribution in [3.05, 3.63) is 53.6 Å². The van der Waals surface area contributed by atoms with Crippen molar-refractivity contribution in [3.8, 4) is 16.9 Å². The molecule has 0 unspecified atom stereocenters. The van der Waals surface area contributed by atoms with Crippen molar-refractivity contribution in [3.63, 3.8) is 0 Å². The number of benzene rings is 2. The Morgan fingerprint density at radius 3 is 2.43 bits per heavy atom. The van der Waals surface area contributed by atoms with E-state index in [1.165, 1.54) is 19.2 Å². The Balaban J connectivity index is 2.65.